The molecule has 0 unspecified atom stereocenters. The van der Waals surface area contributed by atoms with Gasteiger partial charge in [0.2, 0.25) is 5.89 Å². The van der Waals surface area contributed by atoms with Gasteiger partial charge in [-0.25, -0.2) is 4.98 Å². The predicted molar refractivity (Wildman–Crippen MR) is 241 cm³/mol. The molecule has 0 aliphatic rings. The number of thiophene rings is 1. The Morgan fingerprint density at radius 3 is 1.79 bits per heavy atom. The summed E-state index contributed by atoms with van der Waals surface area (Å²) >= 11 is 1.82. The number of hydrogen-bond donors (Lipinski definition) is 0. The molecule has 0 radical (unpaired) electrons. The molecule has 57 heavy (non-hydrogen) atoms. The fourth-order valence-corrected chi connectivity index (χ4v) is 9.38. The normalized spacial score (nSPS) is 11.5. The van der Waals surface area contributed by atoms with Gasteiger partial charge in [-0.1, -0.05) is 146 Å². The van der Waals surface area contributed by atoms with Gasteiger partial charge in [0, 0.05) is 48.4 Å². The zero-order valence-corrected chi connectivity index (χ0v) is 31.7. The van der Waals surface area contributed by atoms with Gasteiger partial charge in [0.15, 0.2) is 5.58 Å². The topological polar surface area (TPSA) is 29.3 Å². The lowest BCUT2D eigenvalue weighted by atomic mass is 9.92. The Morgan fingerprint density at radius 2 is 1.02 bits per heavy atom. The molecule has 0 saturated carbocycles. The summed E-state index contributed by atoms with van der Waals surface area (Å²) in [7, 11) is 0. The minimum atomic E-state index is 0.619. The van der Waals surface area contributed by atoms with Gasteiger partial charge < -0.3 is 9.32 Å². The number of anilines is 3. The first-order chi connectivity index (χ1) is 28.2. The van der Waals surface area contributed by atoms with Crippen LogP contribution in [0.1, 0.15) is 0 Å². The highest BCUT2D eigenvalue weighted by Gasteiger charge is 2.24. The number of oxazole rings is 1. The summed E-state index contributed by atoms with van der Waals surface area (Å²) in [5, 5.41) is 4.80. The van der Waals surface area contributed by atoms with E-state index >= 15 is 0 Å². The minimum Gasteiger partial charge on any atom is -0.436 e. The molecule has 4 heteroatoms. The molecule has 0 atom stereocenters. The van der Waals surface area contributed by atoms with Gasteiger partial charge in [-0.15, -0.1) is 11.3 Å². The monoisotopic (exact) mass is 746 g/mol. The van der Waals surface area contributed by atoms with Gasteiger partial charge in [0.05, 0.1) is 0 Å². The molecular weight excluding hydrogens is 713 g/mol. The van der Waals surface area contributed by atoms with E-state index in [0.717, 1.165) is 56.0 Å². The molecule has 0 N–H and O–H groups in total. The molecule has 0 bridgehead atoms. The highest BCUT2D eigenvalue weighted by Crippen LogP contribution is 2.49. The van der Waals surface area contributed by atoms with E-state index < -0.39 is 0 Å². The van der Waals surface area contributed by atoms with Crippen molar-refractivity contribution in [1.29, 1.82) is 0 Å². The second-order valence-electron chi connectivity index (χ2n) is 14.3. The Hall–Kier alpha value is -7.27. The SMILES string of the molecule is c1ccc(-c2ccc(N(c3ccc(-c4c5nc(-c6ccccc6)oc5cc5c4sc4ccccc45)c(-c4ccccc4)c3)c3ccc4ccccc4c3)cc2)cc1. The van der Waals surface area contributed by atoms with Crippen molar-refractivity contribution in [2.75, 3.05) is 4.90 Å². The maximum Gasteiger partial charge on any atom is 0.227 e. The smallest absolute Gasteiger partial charge is 0.227 e. The lowest BCUT2D eigenvalue weighted by molar-refractivity contribution is 0.620. The van der Waals surface area contributed by atoms with Crippen molar-refractivity contribution >= 4 is 70.4 Å². The summed E-state index contributed by atoms with van der Waals surface area (Å²) < 4.78 is 9.07. The number of fused-ring (bicyclic) bond motifs is 5. The molecule has 2 heterocycles. The molecule has 0 aliphatic heterocycles. The van der Waals surface area contributed by atoms with Crippen LogP contribution in [0.15, 0.2) is 211 Å². The van der Waals surface area contributed by atoms with E-state index in [1.165, 1.54) is 42.1 Å². The molecule has 0 fully saturated rings. The lowest BCUT2D eigenvalue weighted by Crippen LogP contribution is -2.10. The van der Waals surface area contributed by atoms with Gasteiger partial charge in [-0.05, 0) is 99.3 Å². The van der Waals surface area contributed by atoms with Crippen LogP contribution < -0.4 is 4.90 Å². The lowest BCUT2D eigenvalue weighted by Gasteiger charge is -2.27. The van der Waals surface area contributed by atoms with Crippen molar-refractivity contribution in [3.05, 3.63) is 206 Å². The summed E-state index contributed by atoms with van der Waals surface area (Å²) in [5.74, 6) is 0.619. The molecule has 0 aliphatic carbocycles. The van der Waals surface area contributed by atoms with Crippen LogP contribution in [0.2, 0.25) is 0 Å². The first-order valence-corrected chi connectivity index (χ1v) is 20.0. The van der Waals surface area contributed by atoms with Gasteiger partial charge in [-0.3, -0.25) is 0 Å². The first kappa shape index (κ1) is 33.1. The number of nitrogens with zero attached hydrogens (tertiary/aromatic N) is 2. The summed E-state index contributed by atoms with van der Waals surface area (Å²) in [6.07, 6.45) is 0. The van der Waals surface area contributed by atoms with Crippen molar-refractivity contribution < 1.29 is 4.42 Å². The Labute approximate surface area is 334 Å². The molecule has 11 rings (SSSR count). The highest BCUT2D eigenvalue weighted by atomic mass is 32.1. The average Bonchev–Trinajstić information content (AvgIpc) is 3.88. The second-order valence-corrected chi connectivity index (χ2v) is 15.4. The molecule has 11 aromatic rings. The van der Waals surface area contributed by atoms with Crippen LogP contribution in [-0.2, 0) is 0 Å². The summed E-state index contributed by atoms with van der Waals surface area (Å²) in [6, 6.07) is 73.4. The largest absolute Gasteiger partial charge is 0.436 e. The molecule has 0 saturated heterocycles. The van der Waals surface area contributed by atoms with Gasteiger partial charge >= 0.3 is 0 Å². The Bertz CT molecular complexity index is 3220. The summed E-state index contributed by atoms with van der Waals surface area (Å²) in [6.45, 7) is 0. The fourth-order valence-electron chi connectivity index (χ4n) is 8.14. The van der Waals surface area contributed by atoms with Crippen LogP contribution in [0, 0.1) is 0 Å². The third kappa shape index (κ3) is 5.86. The Balaban J connectivity index is 1.16. The Morgan fingerprint density at radius 1 is 0.421 bits per heavy atom. The van der Waals surface area contributed by atoms with Crippen LogP contribution in [0.4, 0.5) is 17.1 Å². The minimum absolute atomic E-state index is 0.619. The fraction of sp³-hybridized carbons (Fsp3) is 0. The first-order valence-electron chi connectivity index (χ1n) is 19.2. The van der Waals surface area contributed by atoms with Gasteiger partial charge in [-0.2, -0.15) is 0 Å². The number of hydrogen-bond acceptors (Lipinski definition) is 4. The van der Waals surface area contributed by atoms with E-state index in [0.29, 0.717) is 5.89 Å². The predicted octanol–water partition coefficient (Wildman–Crippen LogP) is 15.5. The summed E-state index contributed by atoms with van der Waals surface area (Å²) in [5.41, 5.74) is 12.6. The van der Waals surface area contributed by atoms with Gasteiger partial charge in [0.25, 0.3) is 0 Å². The maximum absolute atomic E-state index is 6.63. The van der Waals surface area contributed by atoms with Crippen LogP contribution in [0.5, 0.6) is 0 Å². The van der Waals surface area contributed by atoms with Crippen molar-refractivity contribution in [3.63, 3.8) is 0 Å². The molecule has 9 aromatic carbocycles. The molecule has 0 spiro atoms. The van der Waals surface area contributed by atoms with Crippen LogP contribution in [-0.4, -0.2) is 4.98 Å². The quantitative estimate of drug-likeness (QED) is 0.163. The van der Waals surface area contributed by atoms with Crippen LogP contribution >= 0.6 is 11.3 Å². The van der Waals surface area contributed by atoms with Crippen LogP contribution in [0.25, 0.3) is 86.9 Å². The van der Waals surface area contributed by atoms with E-state index in [9.17, 15) is 0 Å². The van der Waals surface area contributed by atoms with E-state index in [4.69, 9.17) is 9.40 Å². The molecule has 0 amide bonds. The molecule has 268 valence electrons. The number of rotatable bonds is 7. The van der Waals surface area contributed by atoms with Crippen molar-refractivity contribution in [3.8, 4) is 44.8 Å². The maximum atomic E-state index is 6.63. The zero-order chi connectivity index (χ0) is 37.7. The second kappa shape index (κ2) is 13.8. The molecule has 3 nitrogen and oxygen atoms in total. The number of benzene rings is 9. The number of aromatic nitrogens is 1. The zero-order valence-electron chi connectivity index (χ0n) is 30.8. The van der Waals surface area contributed by atoms with Crippen molar-refractivity contribution in [2.24, 2.45) is 0 Å². The van der Waals surface area contributed by atoms with E-state index in [1.54, 1.807) is 0 Å². The van der Waals surface area contributed by atoms with Crippen molar-refractivity contribution in [1.82, 2.24) is 4.98 Å². The highest BCUT2D eigenvalue weighted by molar-refractivity contribution is 7.26. The van der Waals surface area contributed by atoms with Gasteiger partial charge in [0.1, 0.15) is 5.52 Å². The van der Waals surface area contributed by atoms with Crippen molar-refractivity contribution in [2.45, 2.75) is 0 Å². The molecular formula is C53H34N2OS. The summed E-state index contributed by atoms with van der Waals surface area (Å²) in [4.78, 5) is 7.63. The molecule has 2 aromatic heterocycles. The average molecular weight is 747 g/mol. The van der Waals surface area contributed by atoms with E-state index in [2.05, 4.69) is 193 Å². The van der Waals surface area contributed by atoms with Crippen LogP contribution in [0.3, 0.4) is 0 Å². The van der Waals surface area contributed by atoms with E-state index in [1.807, 2.05) is 29.5 Å². The third-order valence-electron chi connectivity index (χ3n) is 10.9. The van der Waals surface area contributed by atoms with E-state index in [-0.39, 0.29) is 0 Å². The third-order valence-corrected chi connectivity index (χ3v) is 12.1. The Kier molecular flexibility index (Phi) is 8.01. The standard InChI is InChI=1S/C53H34N2OS/c1-4-14-35(15-5-1)37-24-27-41(28-25-37)55(42-29-26-36-16-10-11-21-40(36)32-42)43-30-31-45(46(33-43)38-17-6-2-7-18-38)50-51-48(56-53(54-51)39-19-8-3-9-20-39)34-47-44-22-12-13-23-49(44)57-52(47)50/h1-34H.